The van der Waals surface area contributed by atoms with Crippen molar-refractivity contribution >= 4 is 39.9 Å². The van der Waals surface area contributed by atoms with Crippen molar-refractivity contribution in [3.05, 3.63) is 21.9 Å². The van der Waals surface area contributed by atoms with Crippen LogP contribution in [0.15, 0.2) is 16.7 Å². The Morgan fingerprint density at radius 2 is 2.44 bits per heavy atom. The first-order valence-electron chi connectivity index (χ1n) is 4.81. The van der Waals surface area contributed by atoms with Crippen molar-refractivity contribution in [1.82, 2.24) is 9.88 Å². The van der Waals surface area contributed by atoms with Gasteiger partial charge in [-0.1, -0.05) is 11.6 Å². The van der Waals surface area contributed by atoms with Gasteiger partial charge in [0.15, 0.2) is 0 Å². The van der Waals surface area contributed by atoms with Crippen molar-refractivity contribution in [1.29, 1.82) is 0 Å². The van der Waals surface area contributed by atoms with Gasteiger partial charge in [-0.15, -0.1) is 12.4 Å². The minimum Gasteiger partial charge on any atom is -0.490 e. The molecule has 1 saturated heterocycles. The Morgan fingerprint density at radius 1 is 1.69 bits per heavy atom. The van der Waals surface area contributed by atoms with Crippen molar-refractivity contribution in [3.8, 4) is 5.75 Å². The fraction of sp³-hybridized carbons (Fsp3) is 0.500. The molecule has 0 N–H and O–H groups in total. The zero-order chi connectivity index (χ0) is 10.8. The predicted octanol–water partition coefficient (Wildman–Crippen LogP) is 3.00. The summed E-state index contributed by atoms with van der Waals surface area (Å²) in [5.41, 5.74) is 0. The Kier molecular flexibility index (Phi) is 5.31. The van der Waals surface area contributed by atoms with E-state index in [-0.39, 0.29) is 12.4 Å². The topological polar surface area (TPSA) is 25.4 Å². The van der Waals surface area contributed by atoms with Crippen LogP contribution in [0.3, 0.4) is 0 Å². The number of aromatic nitrogens is 1. The summed E-state index contributed by atoms with van der Waals surface area (Å²) in [7, 11) is 2.10. The highest BCUT2D eigenvalue weighted by Gasteiger charge is 2.24. The molecule has 2 rings (SSSR count). The van der Waals surface area contributed by atoms with E-state index in [1.807, 2.05) is 6.07 Å². The first kappa shape index (κ1) is 14.0. The Bertz CT molecular complexity index is 365. The number of likely N-dealkylation sites (tertiary alicyclic amines) is 1. The maximum atomic E-state index is 5.78. The second-order valence-electron chi connectivity index (χ2n) is 3.68. The van der Waals surface area contributed by atoms with E-state index in [2.05, 4.69) is 32.9 Å². The first-order valence-corrected chi connectivity index (χ1v) is 5.98. The van der Waals surface area contributed by atoms with E-state index in [4.69, 9.17) is 16.3 Å². The summed E-state index contributed by atoms with van der Waals surface area (Å²) in [5.74, 6) is 0.756. The fourth-order valence-corrected chi connectivity index (χ4v) is 1.89. The smallest absolute Gasteiger partial charge is 0.143 e. The van der Waals surface area contributed by atoms with Crippen LogP contribution in [0.25, 0.3) is 0 Å². The third-order valence-corrected chi connectivity index (χ3v) is 3.79. The predicted molar refractivity (Wildman–Crippen MR) is 70.7 cm³/mol. The number of pyridine rings is 1. The summed E-state index contributed by atoms with van der Waals surface area (Å²) in [6.45, 7) is 1.88. The van der Waals surface area contributed by atoms with Gasteiger partial charge in [0.25, 0.3) is 0 Å². The number of halogens is 3. The van der Waals surface area contributed by atoms with Gasteiger partial charge in [0.05, 0.1) is 10.7 Å². The van der Waals surface area contributed by atoms with Gasteiger partial charge in [0.1, 0.15) is 17.5 Å². The quantitative estimate of drug-likeness (QED) is 0.798. The Hall–Kier alpha value is -0.0300. The van der Waals surface area contributed by atoms with Crippen LogP contribution in [0.5, 0.6) is 5.75 Å². The second-order valence-corrected chi connectivity index (χ2v) is 4.89. The van der Waals surface area contributed by atoms with Crippen LogP contribution in [0, 0.1) is 0 Å². The fourth-order valence-electron chi connectivity index (χ4n) is 1.46. The molecule has 3 nitrogen and oxygen atoms in total. The highest BCUT2D eigenvalue weighted by molar-refractivity contribution is 9.10. The lowest BCUT2D eigenvalue weighted by atomic mass is 10.1. The standard InChI is InChI=1S/C10H12BrClN2O.ClH/c1-14-3-2-7(14)6-15-8-4-9(11)10(12)13-5-8;/h4-5,7H,2-3,6H2,1H3;1H/t7-;/m1./s1. The zero-order valence-corrected chi connectivity index (χ0v) is 12.0. The van der Waals surface area contributed by atoms with E-state index < -0.39 is 0 Å². The van der Waals surface area contributed by atoms with Crippen molar-refractivity contribution in [2.75, 3.05) is 20.2 Å². The van der Waals surface area contributed by atoms with Crippen molar-refractivity contribution in [2.24, 2.45) is 0 Å². The Labute approximate surface area is 115 Å². The van der Waals surface area contributed by atoms with Crippen LogP contribution in [-0.4, -0.2) is 36.1 Å². The molecule has 0 unspecified atom stereocenters. The molecule has 90 valence electrons. The molecule has 2 heterocycles. The van der Waals surface area contributed by atoms with E-state index >= 15 is 0 Å². The Morgan fingerprint density at radius 3 is 2.94 bits per heavy atom. The van der Waals surface area contributed by atoms with Gasteiger partial charge in [-0.3, -0.25) is 4.90 Å². The number of nitrogens with zero attached hydrogens (tertiary/aromatic N) is 2. The van der Waals surface area contributed by atoms with Gasteiger partial charge in [0, 0.05) is 6.04 Å². The summed E-state index contributed by atoms with van der Waals surface area (Å²) in [6, 6.07) is 2.38. The van der Waals surface area contributed by atoms with E-state index in [0.29, 0.717) is 17.8 Å². The van der Waals surface area contributed by atoms with Gasteiger partial charge >= 0.3 is 0 Å². The Balaban J connectivity index is 0.00000128. The highest BCUT2D eigenvalue weighted by Crippen LogP contribution is 2.25. The molecule has 0 radical (unpaired) electrons. The molecular formula is C10H13BrCl2N2O. The van der Waals surface area contributed by atoms with Gasteiger partial charge in [-0.2, -0.15) is 0 Å². The van der Waals surface area contributed by atoms with E-state index in [1.54, 1.807) is 6.20 Å². The van der Waals surface area contributed by atoms with Crippen LogP contribution < -0.4 is 4.74 Å². The molecule has 1 aromatic rings. The lowest BCUT2D eigenvalue weighted by molar-refractivity contribution is 0.0767. The number of likely N-dealkylation sites (N-methyl/N-ethyl adjacent to an activating group) is 1. The summed E-state index contributed by atoms with van der Waals surface area (Å²) in [6.07, 6.45) is 2.85. The average molecular weight is 328 g/mol. The van der Waals surface area contributed by atoms with Crippen LogP contribution in [0.1, 0.15) is 6.42 Å². The highest BCUT2D eigenvalue weighted by atomic mass is 79.9. The molecule has 1 atom stereocenters. The van der Waals surface area contributed by atoms with Crippen LogP contribution in [0.4, 0.5) is 0 Å². The minimum absolute atomic E-state index is 0. The van der Waals surface area contributed by atoms with Crippen LogP contribution in [0.2, 0.25) is 5.15 Å². The van der Waals surface area contributed by atoms with Gasteiger partial charge in [-0.25, -0.2) is 4.98 Å². The minimum atomic E-state index is 0. The number of hydrogen-bond donors (Lipinski definition) is 0. The van der Waals surface area contributed by atoms with Gasteiger partial charge < -0.3 is 4.74 Å². The zero-order valence-electron chi connectivity index (χ0n) is 8.82. The van der Waals surface area contributed by atoms with Crippen molar-refractivity contribution < 1.29 is 4.74 Å². The summed E-state index contributed by atoms with van der Waals surface area (Å²) in [4.78, 5) is 6.28. The maximum absolute atomic E-state index is 5.78. The molecule has 0 spiro atoms. The SMILES string of the molecule is CN1CC[C@@H]1COc1cnc(Cl)c(Br)c1.Cl. The number of ether oxygens (including phenoxy) is 1. The molecule has 1 aliphatic rings. The van der Waals surface area contributed by atoms with Gasteiger partial charge in [-0.05, 0) is 42.0 Å². The lowest BCUT2D eigenvalue weighted by Crippen LogP contribution is -2.48. The van der Waals surface area contributed by atoms with Crippen LogP contribution >= 0.6 is 39.9 Å². The molecule has 16 heavy (non-hydrogen) atoms. The third-order valence-electron chi connectivity index (χ3n) is 2.65. The normalized spacial score (nSPS) is 19.8. The molecule has 6 heteroatoms. The molecule has 0 bridgehead atoms. The summed E-state index contributed by atoms with van der Waals surface area (Å²) < 4.78 is 6.39. The molecule has 0 aliphatic carbocycles. The first-order chi connectivity index (χ1) is 7.16. The maximum Gasteiger partial charge on any atom is 0.143 e. The molecule has 0 saturated carbocycles. The summed E-state index contributed by atoms with van der Waals surface area (Å²) >= 11 is 9.09. The van der Waals surface area contributed by atoms with Crippen molar-refractivity contribution in [3.63, 3.8) is 0 Å². The molecule has 0 aromatic carbocycles. The van der Waals surface area contributed by atoms with E-state index in [9.17, 15) is 0 Å². The second kappa shape index (κ2) is 6.05. The summed E-state index contributed by atoms with van der Waals surface area (Å²) in [5, 5.41) is 0.461. The van der Waals surface area contributed by atoms with E-state index in [1.165, 1.54) is 6.42 Å². The largest absolute Gasteiger partial charge is 0.490 e. The molecule has 1 fully saturated rings. The molecule has 0 amide bonds. The third kappa shape index (κ3) is 3.23. The average Bonchev–Trinajstić information content (AvgIpc) is 2.21. The molecule has 1 aromatic heterocycles. The van der Waals surface area contributed by atoms with E-state index in [0.717, 1.165) is 16.8 Å². The molecular weight excluding hydrogens is 315 g/mol. The number of hydrogen-bond acceptors (Lipinski definition) is 3. The lowest BCUT2D eigenvalue weighted by Gasteiger charge is -2.37. The monoisotopic (exact) mass is 326 g/mol. The number of rotatable bonds is 3. The van der Waals surface area contributed by atoms with Crippen LogP contribution in [-0.2, 0) is 0 Å². The molecule has 1 aliphatic heterocycles. The van der Waals surface area contributed by atoms with Crippen molar-refractivity contribution in [2.45, 2.75) is 12.5 Å². The van der Waals surface area contributed by atoms with Gasteiger partial charge in [0.2, 0.25) is 0 Å².